The standard InChI is InChI=1S/C37H39NO6/c1-36(2)24-29-22-32(43-21-11-5-10-14-27-12-6-3-7-13-27)23-33(44-25-28-15-8-4-9-16-28)34(29)37(26-36,35(39)40)30-17-19-31(20-18-30)38(41)42/h3-4,6-9,12-13,15-20,22-23H,5,10-11,14,21,24-26H2,1-2H3,(H,39,40). The number of hydrogen-bond acceptors (Lipinski definition) is 5. The number of carboxylic acids is 1. The maximum Gasteiger partial charge on any atom is 0.318 e. The number of hydrogen-bond donors (Lipinski definition) is 1. The van der Waals surface area contributed by atoms with Crippen LogP contribution in [0.5, 0.6) is 11.5 Å². The van der Waals surface area contributed by atoms with Crippen LogP contribution in [0.4, 0.5) is 5.69 Å². The number of aryl methyl sites for hydroxylation is 1. The number of fused-ring (bicyclic) bond motifs is 1. The fraction of sp³-hybridized carbons (Fsp3) is 0.324. The van der Waals surface area contributed by atoms with Crippen LogP contribution in [-0.2, 0) is 29.7 Å². The average Bonchev–Trinajstić information content (AvgIpc) is 3.01. The number of rotatable bonds is 13. The van der Waals surface area contributed by atoms with Gasteiger partial charge in [0.15, 0.2) is 0 Å². The monoisotopic (exact) mass is 593 g/mol. The number of carbonyl (C=O) groups is 1. The maximum atomic E-state index is 13.4. The van der Waals surface area contributed by atoms with Crippen LogP contribution >= 0.6 is 0 Å². The van der Waals surface area contributed by atoms with Gasteiger partial charge in [-0.1, -0.05) is 86.6 Å². The molecule has 44 heavy (non-hydrogen) atoms. The zero-order chi connectivity index (χ0) is 31.2. The van der Waals surface area contributed by atoms with Crippen molar-refractivity contribution in [2.75, 3.05) is 6.61 Å². The molecule has 0 amide bonds. The van der Waals surface area contributed by atoms with E-state index in [1.807, 2.05) is 48.5 Å². The van der Waals surface area contributed by atoms with Crippen LogP contribution in [0.3, 0.4) is 0 Å². The van der Waals surface area contributed by atoms with Gasteiger partial charge >= 0.3 is 5.97 Å². The Morgan fingerprint density at radius 2 is 1.52 bits per heavy atom. The zero-order valence-corrected chi connectivity index (χ0v) is 25.3. The molecule has 1 atom stereocenters. The summed E-state index contributed by atoms with van der Waals surface area (Å²) < 4.78 is 12.7. The predicted octanol–water partition coefficient (Wildman–Crippen LogP) is 8.31. The van der Waals surface area contributed by atoms with Gasteiger partial charge in [-0.3, -0.25) is 14.9 Å². The number of non-ortho nitro benzene ring substituents is 1. The van der Waals surface area contributed by atoms with Crippen molar-refractivity contribution in [1.29, 1.82) is 0 Å². The van der Waals surface area contributed by atoms with Crippen LogP contribution in [0.25, 0.3) is 0 Å². The molecule has 0 spiro atoms. The van der Waals surface area contributed by atoms with E-state index in [0.29, 0.717) is 42.1 Å². The van der Waals surface area contributed by atoms with Crippen LogP contribution in [0.1, 0.15) is 67.3 Å². The lowest BCUT2D eigenvalue weighted by atomic mass is 9.58. The minimum absolute atomic E-state index is 0.0855. The van der Waals surface area contributed by atoms with Crippen molar-refractivity contribution in [2.24, 2.45) is 5.41 Å². The highest BCUT2D eigenvalue weighted by atomic mass is 16.6. The molecule has 0 aromatic heterocycles. The molecule has 7 heteroatoms. The van der Waals surface area contributed by atoms with E-state index in [-0.39, 0.29) is 17.7 Å². The summed E-state index contributed by atoms with van der Waals surface area (Å²) in [7, 11) is 0. The molecular weight excluding hydrogens is 554 g/mol. The van der Waals surface area contributed by atoms with Gasteiger partial charge < -0.3 is 14.6 Å². The van der Waals surface area contributed by atoms with Crippen molar-refractivity contribution in [3.63, 3.8) is 0 Å². The minimum Gasteiger partial charge on any atom is -0.493 e. The molecule has 1 N–H and O–H groups in total. The first-order valence-corrected chi connectivity index (χ1v) is 15.2. The third-order valence-electron chi connectivity index (χ3n) is 8.39. The van der Waals surface area contributed by atoms with E-state index in [1.54, 1.807) is 12.1 Å². The molecule has 7 nitrogen and oxygen atoms in total. The second kappa shape index (κ2) is 13.3. The molecule has 1 aliphatic rings. The molecule has 0 aliphatic heterocycles. The smallest absolute Gasteiger partial charge is 0.318 e. The van der Waals surface area contributed by atoms with Crippen LogP contribution in [-0.4, -0.2) is 22.6 Å². The van der Waals surface area contributed by atoms with Crippen molar-refractivity contribution in [2.45, 2.75) is 64.4 Å². The summed E-state index contributed by atoms with van der Waals surface area (Å²) in [4.78, 5) is 24.3. The molecule has 1 aliphatic carbocycles. The molecule has 0 heterocycles. The first-order chi connectivity index (χ1) is 21.2. The van der Waals surface area contributed by atoms with Crippen LogP contribution in [0.15, 0.2) is 97.1 Å². The number of unbranched alkanes of at least 4 members (excludes halogenated alkanes) is 2. The highest BCUT2D eigenvalue weighted by Gasteiger charge is 2.52. The van der Waals surface area contributed by atoms with Crippen molar-refractivity contribution in [3.8, 4) is 11.5 Å². The number of carboxylic acid groups (broad SMARTS) is 1. The molecule has 5 rings (SSSR count). The SMILES string of the molecule is CC1(C)Cc2cc(OCCCCCc3ccccc3)cc(OCc3ccccc3)c2C(C(=O)O)(c2ccc([N+](=O)[O-])cc2)C1. The molecule has 1 unspecified atom stereocenters. The summed E-state index contributed by atoms with van der Waals surface area (Å²) in [5.41, 5.74) is 2.29. The minimum atomic E-state index is -1.46. The molecular formula is C37H39NO6. The topological polar surface area (TPSA) is 98.9 Å². The van der Waals surface area contributed by atoms with Gasteiger partial charge in [-0.15, -0.1) is 0 Å². The zero-order valence-electron chi connectivity index (χ0n) is 25.3. The molecule has 0 saturated carbocycles. The van der Waals surface area contributed by atoms with Gasteiger partial charge in [0.1, 0.15) is 23.5 Å². The lowest BCUT2D eigenvalue weighted by molar-refractivity contribution is -0.384. The van der Waals surface area contributed by atoms with E-state index in [9.17, 15) is 20.0 Å². The van der Waals surface area contributed by atoms with Gasteiger partial charge in [-0.2, -0.15) is 0 Å². The third-order valence-corrected chi connectivity index (χ3v) is 8.39. The summed E-state index contributed by atoms with van der Waals surface area (Å²) in [6.45, 7) is 4.92. The Morgan fingerprint density at radius 3 is 2.16 bits per heavy atom. The van der Waals surface area contributed by atoms with E-state index in [2.05, 4.69) is 38.1 Å². The maximum absolute atomic E-state index is 13.4. The number of ether oxygens (including phenoxy) is 2. The molecule has 0 saturated heterocycles. The first kappa shape index (κ1) is 30.8. The second-order valence-corrected chi connectivity index (χ2v) is 12.4. The summed E-state index contributed by atoms with van der Waals surface area (Å²) in [6.07, 6.45) is 4.99. The second-order valence-electron chi connectivity index (χ2n) is 12.4. The van der Waals surface area contributed by atoms with E-state index in [0.717, 1.165) is 36.8 Å². The predicted molar refractivity (Wildman–Crippen MR) is 170 cm³/mol. The molecule has 0 fully saturated rings. The van der Waals surface area contributed by atoms with Gasteiger partial charge in [0.05, 0.1) is 11.5 Å². The number of nitro groups is 1. The number of nitrogens with zero attached hydrogens (tertiary/aromatic N) is 1. The summed E-state index contributed by atoms with van der Waals surface area (Å²) in [6, 6.07) is 29.8. The first-order valence-electron chi connectivity index (χ1n) is 15.2. The largest absolute Gasteiger partial charge is 0.493 e. The Balaban J connectivity index is 1.47. The van der Waals surface area contributed by atoms with Gasteiger partial charge in [-0.25, -0.2) is 0 Å². The summed E-state index contributed by atoms with van der Waals surface area (Å²) >= 11 is 0. The summed E-state index contributed by atoms with van der Waals surface area (Å²) in [5, 5.41) is 22.3. The number of aliphatic carboxylic acids is 1. The molecule has 0 bridgehead atoms. The lowest BCUT2D eigenvalue weighted by Crippen LogP contribution is -2.46. The highest BCUT2D eigenvalue weighted by Crippen LogP contribution is 2.54. The Hall–Kier alpha value is -4.65. The van der Waals surface area contributed by atoms with Crippen molar-refractivity contribution >= 4 is 11.7 Å². The number of nitro benzene ring substituents is 1. The van der Waals surface area contributed by atoms with Crippen molar-refractivity contribution < 1.29 is 24.3 Å². The third kappa shape index (κ3) is 6.94. The summed E-state index contributed by atoms with van der Waals surface area (Å²) in [5.74, 6) is 0.0919. The van der Waals surface area contributed by atoms with Gasteiger partial charge in [0.2, 0.25) is 0 Å². The quantitative estimate of drug-likeness (QED) is 0.0951. The molecule has 4 aromatic carbocycles. The Morgan fingerprint density at radius 1 is 0.864 bits per heavy atom. The van der Waals surface area contributed by atoms with Gasteiger partial charge in [0, 0.05) is 23.8 Å². The molecule has 228 valence electrons. The van der Waals surface area contributed by atoms with Crippen molar-refractivity contribution in [3.05, 3.63) is 135 Å². The Labute approximate surface area is 258 Å². The van der Waals surface area contributed by atoms with Gasteiger partial charge in [0.25, 0.3) is 5.69 Å². The highest BCUT2D eigenvalue weighted by molar-refractivity contribution is 5.89. The van der Waals surface area contributed by atoms with Crippen LogP contribution < -0.4 is 9.47 Å². The van der Waals surface area contributed by atoms with E-state index in [4.69, 9.17) is 9.47 Å². The van der Waals surface area contributed by atoms with Crippen molar-refractivity contribution in [1.82, 2.24) is 0 Å². The molecule has 0 radical (unpaired) electrons. The fourth-order valence-corrected chi connectivity index (χ4v) is 6.45. The average molecular weight is 594 g/mol. The van der Waals surface area contributed by atoms with E-state index in [1.165, 1.54) is 17.7 Å². The van der Waals surface area contributed by atoms with E-state index >= 15 is 0 Å². The molecule has 4 aromatic rings. The van der Waals surface area contributed by atoms with Crippen LogP contribution in [0.2, 0.25) is 0 Å². The fourth-order valence-electron chi connectivity index (χ4n) is 6.45. The van der Waals surface area contributed by atoms with Gasteiger partial charge in [-0.05, 0) is 72.3 Å². The van der Waals surface area contributed by atoms with Crippen LogP contribution in [0, 0.1) is 15.5 Å². The Kier molecular flexibility index (Phi) is 9.33. The normalized spacial score (nSPS) is 17.0. The Bertz CT molecular complexity index is 1580. The van der Waals surface area contributed by atoms with E-state index < -0.39 is 16.3 Å². The lowest BCUT2D eigenvalue weighted by Gasteiger charge is -2.44. The number of benzene rings is 4.